The van der Waals surface area contributed by atoms with Gasteiger partial charge in [0.15, 0.2) is 12.4 Å². The summed E-state index contributed by atoms with van der Waals surface area (Å²) < 4.78 is 16.2. The zero-order chi connectivity index (χ0) is 17.6. The Morgan fingerprint density at radius 2 is 2.36 bits per heavy atom. The van der Waals surface area contributed by atoms with E-state index >= 15 is 0 Å². The van der Waals surface area contributed by atoms with Gasteiger partial charge in [0.1, 0.15) is 11.9 Å². The fourth-order valence-electron chi connectivity index (χ4n) is 2.56. The highest BCUT2D eigenvalue weighted by molar-refractivity contribution is 6.30. The van der Waals surface area contributed by atoms with E-state index in [2.05, 4.69) is 15.5 Å². The van der Waals surface area contributed by atoms with Gasteiger partial charge in [-0.2, -0.15) is 4.98 Å². The van der Waals surface area contributed by atoms with Crippen LogP contribution in [0, 0.1) is 6.92 Å². The van der Waals surface area contributed by atoms with Crippen molar-refractivity contribution in [2.24, 2.45) is 0 Å². The summed E-state index contributed by atoms with van der Waals surface area (Å²) in [6, 6.07) is 5.26. The fourth-order valence-corrected chi connectivity index (χ4v) is 2.78. The molecule has 1 aromatic heterocycles. The van der Waals surface area contributed by atoms with Crippen molar-refractivity contribution in [3.8, 4) is 5.75 Å². The first-order valence-corrected chi connectivity index (χ1v) is 8.59. The average Bonchev–Trinajstić information content (AvgIpc) is 3.25. The number of ether oxygens (including phenoxy) is 2. The number of aromatic nitrogens is 2. The van der Waals surface area contributed by atoms with Crippen LogP contribution < -0.4 is 10.1 Å². The maximum Gasteiger partial charge on any atom is 0.257 e. The first kappa shape index (κ1) is 17.7. The third-order valence-corrected chi connectivity index (χ3v) is 4.09. The molecular formula is C17H20ClN3O4. The summed E-state index contributed by atoms with van der Waals surface area (Å²) in [6.45, 7) is 2.95. The summed E-state index contributed by atoms with van der Waals surface area (Å²) in [5.41, 5.74) is 0.883. The Bertz CT molecular complexity index is 728. The van der Waals surface area contributed by atoms with E-state index in [0.717, 1.165) is 25.0 Å². The average molecular weight is 366 g/mol. The lowest BCUT2D eigenvalue weighted by Gasteiger charge is -2.09. The number of halogens is 1. The lowest BCUT2D eigenvalue weighted by atomic mass is 10.2. The van der Waals surface area contributed by atoms with Crippen LogP contribution in [0.5, 0.6) is 5.75 Å². The van der Waals surface area contributed by atoms with E-state index < -0.39 is 0 Å². The van der Waals surface area contributed by atoms with Gasteiger partial charge in [0.25, 0.3) is 11.8 Å². The molecule has 0 radical (unpaired) electrons. The molecule has 0 bridgehead atoms. The van der Waals surface area contributed by atoms with Gasteiger partial charge >= 0.3 is 0 Å². The summed E-state index contributed by atoms with van der Waals surface area (Å²) >= 11 is 5.89. The summed E-state index contributed by atoms with van der Waals surface area (Å²) in [4.78, 5) is 16.2. The molecule has 0 saturated carbocycles. The Kier molecular flexibility index (Phi) is 5.88. The highest BCUT2D eigenvalue weighted by Gasteiger charge is 2.23. The Balaban J connectivity index is 1.39. The maximum absolute atomic E-state index is 11.9. The van der Waals surface area contributed by atoms with Crippen LogP contribution in [0.25, 0.3) is 0 Å². The molecule has 1 atom stereocenters. The lowest BCUT2D eigenvalue weighted by molar-refractivity contribution is -0.123. The molecule has 2 aromatic rings. The van der Waals surface area contributed by atoms with E-state index in [1.54, 1.807) is 18.2 Å². The minimum absolute atomic E-state index is 0.0596. The van der Waals surface area contributed by atoms with Crippen molar-refractivity contribution < 1.29 is 18.8 Å². The van der Waals surface area contributed by atoms with Gasteiger partial charge in [0, 0.05) is 24.6 Å². The van der Waals surface area contributed by atoms with Crippen molar-refractivity contribution in [2.45, 2.75) is 32.3 Å². The Morgan fingerprint density at radius 1 is 1.48 bits per heavy atom. The number of benzene rings is 1. The van der Waals surface area contributed by atoms with Crippen molar-refractivity contribution in [1.29, 1.82) is 0 Å². The van der Waals surface area contributed by atoms with E-state index in [1.807, 2.05) is 6.92 Å². The monoisotopic (exact) mass is 365 g/mol. The normalized spacial score (nSPS) is 16.8. The maximum atomic E-state index is 11.9. The summed E-state index contributed by atoms with van der Waals surface area (Å²) in [6.07, 6.45) is 2.31. The van der Waals surface area contributed by atoms with Crippen molar-refractivity contribution in [3.05, 3.63) is 40.5 Å². The number of nitrogens with zero attached hydrogens (tertiary/aromatic N) is 2. The number of aryl methyl sites for hydroxylation is 1. The predicted octanol–water partition coefficient (Wildman–Crippen LogP) is 2.62. The molecule has 2 heterocycles. The summed E-state index contributed by atoms with van der Waals surface area (Å²) in [5, 5.41) is 7.31. The van der Waals surface area contributed by atoms with Gasteiger partial charge in [0.05, 0.1) is 0 Å². The molecule has 1 N–H and O–H groups in total. The van der Waals surface area contributed by atoms with Gasteiger partial charge < -0.3 is 19.3 Å². The molecule has 0 unspecified atom stereocenters. The number of amides is 1. The first-order chi connectivity index (χ1) is 12.1. The minimum Gasteiger partial charge on any atom is -0.484 e. The van der Waals surface area contributed by atoms with Gasteiger partial charge in [-0.3, -0.25) is 4.79 Å². The van der Waals surface area contributed by atoms with Gasteiger partial charge in [0.2, 0.25) is 0 Å². The zero-order valence-corrected chi connectivity index (χ0v) is 14.7. The molecule has 1 amide bonds. The van der Waals surface area contributed by atoms with Crippen LogP contribution >= 0.6 is 11.6 Å². The van der Waals surface area contributed by atoms with Crippen molar-refractivity contribution in [2.75, 3.05) is 19.8 Å². The molecule has 7 nitrogen and oxygen atoms in total. The topological polar surface area (TPSA) is 86.5 Å². The molecule has 0 aliphatic carbocycles. The zero-order valence-electron chi connectivity index (χ0n) is 14.0. The smallest absolute Gasteiger partial charge is 0.257 e. The second-order valence-corrected chi connectivity index (χ2v) is 6.29. The molecule has 1 aromatic carbocycles. The second-order valence-electron chi connectivity index (χ2n) is 5.85. The summed E-state index contributed by atoms with van der Waals surface area (Å²) in [7, 11) is 0. The molecule has 134 valence electrons. The lowest BCUT2D eigenvalue weighted by Crippen LogP contribution is -2.30. The molecule has 25 heavy (non-hydrogen) atoms. The van der Waals surface area contributed by atoms with E-state index in [-0.39, 0.29) is 18.6 Å². The highest BCUT2D eigenvalue weighted by Crippen LogP contribution is 2.26. The fraction of sp³-hybridized carbons (Fsp3) is 0.471. The standard InChI is InChI=1S/C17H20ClN3O4/c1-11-9-12(18)4-5-13(11)24-10-16(22)19-7-6-15-20-17(25-21-15)14-3-2-8-23-14/h4-5,9,14H,2-3,6-8,10H2,1H3,(H,19,22)/t14-/m0/s1. The number of rotatable bonds is 7. The minimum atomic E-state index is -0.211. The number of carbonyl (C=O) groups is 1. The predicted molar refractivity (Wildman–Crippen MR) is 90.6 cm³/mol. The van der Waals surface area contributed by atoms with Crippen LogP contribution in [0.1, 0.15) is 36.2 Å². The van der Waals surface area contributed by atoms with E-state index in [1.165, 1.54) is 0 Å². The van der Waals surface area contributed by atoms with Crippen molar-refractivity contribution in [3.63, 3.8) is 0 Å². The van der Waals surface area contributed by atoms with E-state index in [9.17, 15) is 4.79 Å². The Morgan fingerprint density at radius 3 is 3.12 bits per heavy atom. The van der Waals surface area contributed by atoms with Gasteiger partial charge in [-0.05, 0) is 43.5 Å². The third kappa shape index (κ3) is 4.93. The highest BCUT2D eigenvalue weighted by atomic mass is 35.5. The molecule has 0 spiro atoms. The molecule has 8 heteroatoms. The molecule has 3 rings (SSSR count). The number of carbonyl (C=O) groups excluding carboxylic acids is 1. The molecule has 1 aliphatic rings. The van der Waals surface area contributed by atoms with Crippen molar-refractivity contribution >= 4 is 17.5 Å². The molecular weight excluding hydrogens is 346 g/mol. The molecule has 1 aliphatic heterocycles. The largest absolute Gasteiger partial charge is 0.484 e. The number of nitrogens with one attached hydrogen (secondary N) is 1. The quantitative estimate of drug-likeness (QED) is 0.811. The van der Waals surface area contributed by atoms with E-state index in [4.69, 9.17) is 25.6 Å². The summed E-state index contributed by atoms with van der Waals surface area (Å²) in [5.74, 6) is 1.50. The van der Waals surface area contributed by atoms with Gasteiger partial charge in [-0.25, -0.2) is 0 Å². The Hall–Kier alpha value is -2.12. The van der Waals surface area contributed by atoms with Crippen LogP contribution in [0.15, 0.2) is 22.7 Å². The number of hydrogen-bond donors (Lipinski definition) is 1. The van der Waals surface area contributed by atoms with Crippen LogP contribution in [-0.2, 0) is 16.0 Å². The van der Waals surface area contributed by atoms with Gasteiger partial charge in [-0.15, -0.1) is 0 Å². The SMILES string of the molecule is Cc1cc(Cl)ccc1OCC(=O)NCCc1noc([C@@H]2CCCO2)n1. The van der Waals surface area contributed by atoms with Crippen LogP contribution in [0.3, 0.4) is 0 Å². The van der Waals surface area contributed by atoms with Crippen molar-refractivity contribution in [1.82, 2.24) is 15.5 Å². The number of hydrogen-bond acceptors (Lipinski definition) is 6. The van der Waals surface area contributed by atoms with Crippen LogP contribution in [-0.4, -0.2) is 35.8 Å². The molecule has 1 fully saturated rings. The van der Waals surface area contributed by atoms with Crippen LogP contribution in [0.4, 0.5) is 0 Å². The second kappa shape index (κ2) is 8.31. The Labute approximate surface area is 150 Å². The van der Waals surface area contributed by atoms with E-state index in [0.29, 0.717) is 35.5 Å². The first-order valence-electron chi connectivity index (χ1n) is 8.21. The third-order valence-electron chi connectivity index (χ3n) is 3.86. The van der Waals surface area contributed by atoms with Gasteiger partial charge in [-0.1, -0.05) is 16.8 Å². The molecule has 1 saturated heterocycles. The van der Waals surface area contributed by atoms with Crippen LogP contribution in [0.2, 0.25) is 5.02 Å².